The highest BCUT2D eigenvalue weighted by atomic mass is 127. The van der Waals surface area contributed by atoms with Gasteiger partial charge in [-0.3, -0.25) is 0 Å². The van der Waals surface area contributed by atoms with Gasteiger partial charge in [0.1, 0.15) is 0 Å². The lowest BCUT2D eigenvalue weighted by Crippen LogP contribution is -2.30. The first kappa shape index (κ1) is 10.1. The summed E-state index contributed by atoms with van der Waals surface area (Å²) in [6.07, 6.45) is 2.26. The molecule has 0 N–H and O–H groups in total. The third-order valence-corrected chi connectivity index (χ3v) is 3.12. The third-order valence-electron chi connectivity index (χ3n) is 2.15. The molecule has 0 bridgehead atoms. The number of ether oxygens (including phenoxy) is 1. The minimum atomic E-state index is 0.358. The highest BCUT2D eigenvalue weighted by Crippen LogP contribution is 2.31. The zero-order valence-electron chi connectivity index (χ0n) is 6.64. The summed E-state index contributed by atoms with van der Waals surface area (Å²) in [5, 5.41) is 0. The van der Waals surface area contributed by atoms with Crippen molar-refractivity contribution in [3.05, 3.63) is 0 Å². The molecular formula is C7H13IO2S. The van der Waals surface area contributed by atoms with Gasteiger partial charge in [-0.25, -0.2) is 0 Å². The SMILES string of the molecule is CC1(COSI)CCOCC1. The quantitative estimate of drug-likeness (QED) is 0.587. The van der Waals surface area contributed by atoms with E-state index in [2.05, 4.69) is 28.1 Å². The molecule has 1 aliphatic rings. The van der Waals surface area contributed by atoms with Gasteiger partial charge in [0.05, 0.1) is 15.8 Å². The lowest BCUT2D eigenvalue weighted by Gasteiger charge is -2.32. The molecule has 1 heterocycles. The third kappa shape index (κ3) is 3.48. The average molecular weight is 288 g/mol. The predicted molar refractivity (Wildman–Crippen MR) is 55.7 cm³/mol. The maximum absolute atomic E-state index is 5.32. The summed E-state index contributed by atoms with van der Waals surface area (Å²) in [5.41, 5.74) is 0.358. The molecule has 11 heavy (non-hydrogen) atoms. The van der Waals surface area contributed by atoms with Gasteiger partial charge < -0.3 is 8.92 Å². The van der Waals surface area contributed by atoms with E-state index in [4.69, 9.17) is 8.92 Å². The van der Waals surface area contributed by atoms with E-state index in [9.17, 15) is 0 Å². The van der Waals surface area contributed by atoms with Crippen molar-refractivity contribution in [2.24, 2.45) is 5.41 Å². The summed E-state index contributed by atoms with van der Waals surface area (Å²) in [4.78, 5) is 0. The first-order valence-corrected chi connectivity index (χ1v) is 7.03. The van der Waals surface area contributed by atoms with Crippen molar-refractivity contribution in [3.8, 4) is 0 Å². The van der Waals surface area contributed by atoms with Gasteiger partial charge in [-0.2, -0.15) is 0 Å². The van der Waals surface area contributed by atoms with Crippen molar-refractivity contribution in [1.82, 2.24) is 0 Å². The van der Waals surface area contributed by atoms with Crippen molar-refractivity contribution in [2.45, 2.75) is 19.8 Å². The molecule has 0 atom stereocenters. The van der Waals surface area contributed by atoms with Gasteiger partial charge in [0.25, 0.3) is 0 Å². The molecule has 0 aromatic carbocycles. The standard InChI is InChI=1S/C7H13IO2S/c1-7(6-10-11-8)2-4-9-5-3-7/h2-6H2,1H3. The smallest absolute Gasteiger partial charge is 0.0678 e. The fourth-order valence-corrected chi connectivity index (χ4v) is 1.88. The van der Waals surface area contributed by atoms with Crippen molar-refractivity contribution in [3.63, 3.8) is 0 Å². The molecule has 0 aliphatic carbocycles. The molecule has 0 radical (unpaired) electrons. The zero-order valence-corrected chi connectivity index (χ0v) is 9.61. The topological polar surface area (TPSA) is 18.5 Å². The Hall–Kier alpha value is 1.00. The first-order chi connectivity index (χ1) is 5.27. The van der Waals surface area contributed by atoms with Crippen molar-refractivity contribution in [1.29, 1.82) is 0 Å². The molecule has 0 amide bonds. The highest BCUT2D eigenvalue weighted by molar-refractivity contribution is 14.2. The lowest BCUT2D eigenvalue weighted by atomic mass is 9.84. The van der Waals surface area contributed by atoms with Gasteiger partial charge >= 0.3 is 0 Å². The first-order valence-electron chi connectivity index (χ1n) is 3.75. The number of halogens is 1. The van der Waals surface area contributed by atoms with Gasteiger partial charge in [0, 0.05) is 34.4 Å². The van der Waals surface area contributed by atoms with Crippen LogP contribution in [-0.2, 0) is 8.92 Å². The van der Waals surface area contributed by atoms with Gasteiger partial charge in [-0.1, -0.05) is 6.92 Å². The Morgan fingerprint density at radius 1 is 1.55 bits per heavy atom. The fraction of sp³-hybridized carbons (Fsp3) is 1.00. The van der Waals surface area contributed by atoms with Crippen LogP contribution in [0.25, 0.3) is 0 Å². The Balaban J connectivity index is 2.25. The minimum absolute atomic E-state index is 0.358. The van der Waals surface area contributed by atoms with E-state index >= 15 is 0 Å². The Bertz CT molecular complexity index is 115. The van der Waals surface area contributed by atoms with Crippen LogP contribution in [0.5, 0.6) is 0 Å². The molecular weight excluding hydrogens is 275 g/mol. The Kier molecular flexibility index (Phi) is 4.48. The summed E-state index contributed by atoms with van der Waals surface area (Å²) in [5.74, 6) is 0. The van der Waals surface area contributed by atoms with Crippen LogP contribution in [-0.4, -0.2) is 19.8 Å². The monoisotopic (exact) mass is 288 g/mol. The van der Waals surface area contributed by atoms with E-state index in [0.717, 1.165) is 32.7 Å². The van der Waals surface area contributed by atoms with Crippen LogP contribution in [0.4, 0.5) is 0 Å². The van der Waals surface area contributed by atoms with Gasteiger partial charge in [0.2, 0.25) is 0 Å². The second kappa shape index (κ2) is 4.89. The van der Waals surface area contributed by atoms with E-state index in [1.54, 1.807) is 0 Å². The molecule has 0 spiro atoms. The Morgan fingerprint density at radius 3 is 2.73 bits per heavy atom. The van der Waals surface area contributed by atoms with Crippen LogP contribution in [0.3, 0.4) is 0 Å². The molecule has 0 saturated carbocycles. The summed E-state index contributed by atoms with van der Waals surface area (Å²) >= 11 is 2.15. The summed E-state index contributed by atoms with van der Waals surface area (Å²) in [6, 6.07) is 0. The van der Waals surface area contributed by atoms with E-state index in [1.165, 1.54) is 9.21 Å². The zero-order chi connectivity index (χ0) is 8.16. The van der Waals surface area contributed by atoms with E-state index < -0.39 is 0 Å². The molecule has 1 saturated heterocycles. The van der Waals surface area contributed by atoms with Crippen LogP contribution in [0, 0.1) is 5.41 Å². The summed E-state index contributed by atoms with van der Waals surface area (Å²) < 4.78 is 10.6. The van der Waals surface area contributed by atoms with Gasteiger partial charge in [-0.05, 0) is 18.3 Å². The van der Waals surface area contributed by atoms with E-state index in [-0.39, 0.29) is 0 Å². The van der Waals surface area contributed by atoms with Crippen LogP contribution in [0.1, 0.15) is 19.8 Å². The fourth-order valence-electron chi connectivity index (χ4n) is 1.17. The average Bonchev–Trinajstić information content (AvgIpc) is 2.03. The Morgan fingerprint density at radius 2 is 2.18 bits per heavy atom. The largest absolute Gasteiger partial charge is 0.381 e. The maximum atomic E-state index is 5.32. The number of hydrogen-bond donors (Lipinski definition) is 0. The molecule has 0 aromatic rings. The molecule has 1 fully saturated rings. The van der Waals surface area contributed by atoms with Crippen LogP contribution in [0.15, 0.2) is 0 Å². The second-order valence-corrected chi connectivity index (χ2v) is 4.69. The minimum Gasteiger partial charge on any atom is -0.381 e. The van der Waals surface area contributed by atoms with Crippen molar-refractivity contribution >= 4 is 30.4 Å². The summed E-state index contributed by atoms with van der Waals surface area (Å²) in [6.45, 7) is 4.91. The van der Waals surface area contributed by atoms with E-state index in [0.29, 0.717) is 5.41 Å². The van der Waals surface area contributed by atoms with Gasteiger partial charge in [0.15, 0.2) is 0 Å². The molecule has 0 unspecified atom stereocenters. The molecule has 0 aromatic heterocycles. The second-order valence-electron chi connectivity index (χ2n) is 3.25. The predicted octanol–water partition coefficient (Wildman–Crippen LogP) is 2.82. The lowest BCUT2D eigenvalue weighted by molar-refractivity contribution is 0.00446. The molecule has 4 heteroatoms. The van der Waals surface area contributed by atoms with Crippen LogP contribution in [0.2, 0.25) is 0 Å². The number of rotatable bonds is 3. The number of hydrogen-bond acceptors (Lipinski definition) is 3. The Labute approximate surface area is 84.2 Å². The van der Waals surface area contributed by atoms with Crippen LogP contribution >= 0.6 is 30.4 Å². The molecule has 1 rings (SSSR count). The molecule has 2 nitrogen and oxygen atoms in total. The van der Waals surface area contributed by atoms with Crippen molar-refractivity contribution in [2.75, 3.05) is 19.8 Å². The van der Waals surface area contributed by atoms with Crippen molar-refractivity contribution < 1.29 is 8.92 Å². The maximum Gasteiger partial charge on any atom is 0.0678 e. The molecule has 66 valence electrons. The molecule has 1 aliphatic heterocycles. The normalized spacial score (nSPS) is 23.5. The highest BCUT2D eigenvalue weighted by Gasteiger charge is 2.27. The van der Waals surface area contributed by atoms with Gasteiger partial charge in [-0.15, -0.1) is 0 Å². The van der Waals surface area contributed by atoms with E-state index in [1.807, 2.05) is 0 Å². The summed E-state index contributed by atoms with van der Waals surface area (Å²) in [7, 11) is 1.42. The van der Waals surface area contributed by atoms with Crippen LogP contribution < -0.4 is 0 Å².